The smallest absolute Gasteiger partial charge is 0.393 e. The van der Waals surface area contributed by atoms with Crippen LogP contribution in [0.3, 0.4) is 0 Å². The Kier molecular flexibility index (Phi) is 5.94. The molecule has 0 aromatic rings. The summed E-state index contributed by atoms with van der Waals surface area (Å²) >= 11 is 6.83. The Bertz CT molecular complexity index is 990. The Morgan fingerprint density at radius 2 is 1.94 bits per heavy atom. The van der Waals surface area contributed by atoms with Crippen molar-refractivity contribution in [2.24, 2.45) is 34.5 Å². The molecule has 0 aromatic heterocycles. The molecule has 0 aliphatic heterocycles. The topological polar surface area (TPSA) is 158 Å². The number of alkyl halides is 1. The van der Waals surface area contributed by atoms with Crippen LogP contribution in [0, 0.1) is 34.5 Å². The fourth-order valence-corrected chi connectivity index (χ4v) is 8.42. The first-order valence-corrected chi connectivity index (χ1v) is 13.1. The van der Waals surface area contributed by atoms with Crippen LogP contribution in [0.15, 0.2) is 11.6 Å². The van der Waals surface area contributed by atoms with Gasteiger partial charge in [-0.3, -0.25) is 18.9 Å². The molecule has 9 atom stereocenters. The summed E-state index contributed by atoms with van der Waals surface area (Å²) in [6, 6.07) is 0. The molecule has 0 heterocycles. The maximum Gasteiger partial charge on any atom is 0.470 e. The Labute approximate surface area is 196 Å². The molecule has 3 fully saturated rings. The van der Waals surface area contributed by atoms with E-state index in [0.29, 0.717) is 12.0 Å². The molecule has 0 spiro atoms. The summed E-state index contributed by atoms with van der Waals surface area (Å²) in [5, 5.41) is 22.6. The van der Waals surface area contributed by atoms with Crippen LogP contribution in [0.5, 0.6) is 0 Å². The Morgan fingerprint density at radius 1 is 1.30 bits per heavy atom. The number of phosphoric ester groups is 1. The molecule has 4 aliphatic rings. The Morgan fingerprint density at radius 3 is 2.55 bits per heavy atom. The van der Waals surface area contributed by atoms with Gasteiger partial charge in [0.1, 0.15) is 12.2 Å². The third-order valence-electron chi connectivity index (χ3n) is 9.14. The Hall–Kier alpha value is -0.930. The molecule has 0 bridgehead atoms. The fraction of sp³-hybridized carbons (Fsp3) is 0.773. The van der Waals surface area contributed by atoms with Gasteiger partial charge in [0.2, 0.25) is 0 Å². The van der Waals surface area contributed by atoms with Crippen molar-refractivity contribution in [1.29, 1.82) is 0 Å². The third-order valence-corrected chi connectivity index (χ3v) is 10.1. The number of carbonyl (C=O) groups is 3. The number of rotatable bonds is 4. The molecular formula is C22H30ClO9P. The first-order chi connectivity index (χ1) is 15.1. The molecule has 0 radical (unpaired) electrons. The van der Waals surface area contributed by atoms with Crippen LogP contribution in [-0.2, 0) is 23.5 Å². The normalized spacial score (nSPS) is 47.5. The number of fused-ring (bicyclic) bond motifs is 5. The van der Waals surface area contributed by atoms with E-state index in [4.69, 9.17) is 21.4 Å². The SMILES string of the molecule is C[C@@H]1C[C@H]2[C@@H]3[C@H](Cl)CC4=CC(=O)CC(=O)[C@]4(C)[C@H]3C(O)C[C@]2(C)[C@]1(O)C(=O)COP(=O)(O)O. The highest BCUT2D eigenvalue weighted by Crippen LogP contribution is 2.69. The number of aliphatic hydroxyl groups excluding tert-OH is 1. The molecule has 11 heteroatoms. The van der Waals surface area contributed by atoms with Gasteiger partial charge >= 0.3 is 7.82 Å². The van der Waals surface area contributed by atoms with E-state index in [2.05, 4.69) is 4.52 Å². The second kappa shape index (κ2) is 7.79. The molecule has 9 nitrogen and oxygen atoms in total. The highest BCUT2D eigenvalue weighted by Gasteiger charge is 2.72. The van der Waals surface area contributed by atoms with Gasteiger partial charge in [-0.25, -0.2) is 4.57 Å². The highest BCUT2D eigenvalue weighted by atomic mass is 35.5. The van der Waals surface area contributed by atoms with Crippen molar-refractivity contribution < 1.29 is 43.5 Å². The van der Waals surface area contributed by atoms with Crippen molar-refractivity contribution in [3.8, 4) is 0 Å². The van der Waals surface area contributed by atoms with Crippen LogP contribution < -0.4 is 0 Å². The summed E-state index contributed by atoms with van der Waals surface area (Å²) in [4.78, 5) is 56.2. The zero-order valence-corrected chi connectivity index (χ0v) is 20.4. The van der Waals surface area contributed by atoms with Crippen molar-refractivity contribution >= 4 is 36.8 Å². The molecule has 4 rings (SSSR count). The lowest BCUT2D eigenvalue weighted by Crippen LogP contribution is -2.65. The monoisotopic (exact) mass is 504 g/mol. The number of hydrogen-bond donors (Lipinski definition) is 4. The largest absolute Gasteiger partial charge is 0.470 e. The molecular weight excluding hydrogens is 475 g/mol. The molecule has 33 heavy (non-hydrogen) atoms. The maximum absolute atomic E-state index is 13.1. The van der Waals surface area contributed by atoms with Gasteiger partial charge in [-0.2, -0.15) is 0 Å². The van der Waals surface area contributed by atoms with Crippen LogP contribution in [0.25, 0.3) is 0 Å². The van der Waals surface area contributed by atoms with Gasteiger partial charge in [-0.15, -0.1) is 11.6 Å². The summed E-state index contributed by atoms with van der Waals surface area (Å²) in [5.41, 5.74) is -3.58. The minimum absolute atomic E-state index is 0.00493. The van der Waals surface area contributed by atoms with E-state index in [1.807, 2.05) is 0 Å². The lowest BCUT2D eigenvalue weighted by atomic mass is 9.45. The van der Waals surface area contributed by atoms with Crippen molar-refractivity contribution in [1.82, 2.24) is 0 Å². The molecule has 4 aliphatic carbocycles. The summed E-state index contributed by atoms with van der Waals surface area (Å²) in [7, 11) is -4.92. The van der Waals surface area contributed by atoms with Crippen LogP contribution in [0.2, 0.25) is 0 Å². The number of allylic oxidation sites excluding steroid dienone is 1. The number of aliphatic hydroxyl groups is 2. The average Bonchev–Trinajstić information content (AvgIpc) is 2.88. The maximum atomic E-state index is 13.1. The minimum Gasteiger partial charge on any atom is -0.393 e. The van der Waals surface area contributed by atoms with E-state index < -0.39 is 65.9 Å². The molecule has 184 valence electrons. The van der Waals surface area contributed by atoms with Crippen LogP contribution >= 0.6 is 19.4 Å². The van der Waals surface area contributed by atoms with Gasteiger partial charge in [0, 0.05) is 16.7 Å². The average molecular weight is 505 g/mol. The van der Waals surface area contributed by atoms with E-state index in [9.17, 15) is 29.2 Å². The number of phosphoric acid groups is 1. The van der Waals surface area contributed by atoms with E-state index >= 15 is 0 Å². The zero-order chi connectivity index (χ0) is 24.7. The summed E-state index contributed by atoms with van der Waals surface area (Å²) in [6.45, 7) is 4.17. The van der Waals surface area contributed by atoms with E-state index in [0.717, 1.165) is 0 Å². The molecule has 0 aromatic carbocycles. The first-order valence-electron chi connectivity index (χ1n) is 11.1. The van der Waals surface area contributed by atoms with Gasteiger partial charge in [-0.05, 0) is 50.0 Å². The van der Waals surface area contributed by atoms with Crippen molar-refractivity contribution in [2.45, 2.75) is 63.5 Å². The van der Waals surface area contributed by atoms with Gasteiger partial charge in [0.15, 0.2) is 17.3 Å². The van der Waals surface area contributed by atoms with Crippen LogP contribution in [0.4, 0.5) is 0 Å². The van der Waals surface area contributed by atoms with Crippen molar-refractivity contribution in [2.75, 3.05) is 6.61 Å². The van der Waals surface area contributed by atoms with Crippen molar-refractivity contribution in [3.05, 3.63) is 11.6 Å². The van der Waals surface area contributed by atoms with Gasteiger partial charge in [0.25, 0.3) is 0 Å². The number of halogens is 1. The van der Waals surface area contributed by atoms with Gasteiger partial charge in [0.05, 0.1) is 17.9 Å². The lowest BCUT2D eigenvalue weighted by molar-refractivity contribution is -0.187. The standard InChI is InChI=1S/C22H30ClO9P/c1-10-4-13-18-14(23)6-11-5-12(24)7-16(26)21(11,3)19(18)15(25)8-20(13,2)22(10,28)17(27)9-32-33(29,30)31/h5,10,13-15,18-19,25,28H,4,6-9H2,1-3H3,(H2,29,30,31)/t10-,13+,14-,15?,18-,19+,20+,21-,22-/m1/s1. The third kappa shape index (κ3) is 3.46. The molecule has 0 saturated heterocycles. The Balaban J connectivity index is 1.75. The molecule has 0 amide bonds. The molecule has 4 N–H and O–H groups in total. The van der Waals surface area contributed by atoms with Crippen LogP contribution in [0.1, 0.15) is 46.5 Å². The fourth-order valence-electron chi connectivity index (χ4n) is 7.64. The van der Waals surface area contributed by atoms with E-state index in [1.165, 1.54) is 6.08 Å². The first kappa shape index (κ1) is 25.2. The lowest BCUT2D eigenvalue weighted by Gasteiger charge is -2.60. The number of hydrogen-bond acceptors (Lipinski definition) is 7. The summed E-state index contributed by atoms with van der Waals surface area (Å²) < 4.78 is 15.5. The molecule has 3 saturated carbocycles. The molecule has 1 unspecified atom stereocenters. The summed E-state index contributed by atoms with van der Waals surface area (Å²) in [5.74, 6) is -3.30. The van der Waals surface area contributed by atoms with Crippen LogP contribution in [-0.4, -0.2) is 61.0 Å². The minimum atomic E-state index is -4.92. The highest BCUT2D eigenvalue weighted by molar-refractivity contribution is 7.46. The zero-order valence-electron chi connectivity index (χ0n) is 18.7. The number of Topliss-reactive ketones (excluding diaryl/α,β-unsaturated/α-hetero) is 2. The predicted molar refractivity (Wildman–Crippen MR) is 116 cm³/mol. The van der Waals surface area contributed by atoms with Gasteiger partial charge < -0.3 is 20.0 Å². The van der Waals surface area contributed by atoms with E-state index in [1.54, 1.807) is 20.8 Å². The number of carbonyl (C=O) groups excluding carboxylic acids is 3. The van der Waals surface area contributed by atoms with Gasteiger partial charge in [-0.1, -0.05) is 19.4 Å². The van der Waals surface area contributed by atoms with Crippen molar-refractivity contribution in [3.63, 3.8) is 0 Å². The quantitative estimate of drug-likeness (QED) is 0.253. The second-order valence-corrected chi connectivity index (χ2v) is 12.4. The second-order valence-electron chi connectivity index (χ2n) is 10.6. The number of ketones is 3. The van der Waals surface area contributed by atoms with E-state index in [-0.39, 0.29) is 36.7 Å². The predicted octanol–water partition coefficient (Wildman–Crippen LogP) is 1.54. The summed E-state index contributed by atoms with van der Waals surface area (Å²) in [6.07, 6.45) is 0.824.